The van der Waals surface area contributed by atoms with Crippen molar-refractivity contribution in [2.75, 3.05) is 13.2 Å². The highest BCUT2D eigenvalue weighted by molar-refractivity contribution is 5.94. The van der Waals surface area contributed by atoms with Gasteiger partial charge in [-0.3, -0.25) is 4.79 Å². The molecule has 5 nitrogen and oxygen atoms in total. The van der Waals surface area contributed by atoms with E-state index in [0.717, 1.165) is 42.8 Å². The maximum Gasteiger partial charge on any atom is 0.251 e. The van der Waals surface area contributed by atoms with Gasteiger partial charge < -0.3 is 10.1 Å². The van der Waals surface area contributed by atoms with Crippen LogP contribution in [0.1, 0.15) is 67.9 Å². The lowest BCUT2D eigenvalue weighted by molar-refractivity contribution is 0.0947. The molecule has 2 aromatic rings. The monoisotopic (exact) mass is 367 g/mol. The van der Waals surface area contributed by atoms with Crippen molar-refractivity contribution in [3.63, 3.8) is 0 Å². The molecule has 144 valence electrons. The molecule has 0 radical (unpaired) electrons. The van der Waals surface area contributed by atoms with Crippen molar-refractivity contribution in [1.29, 1.82) is 0 Å². The molecule has 1 fully saturated rings. The van der Waals surface area contributed by atoms with Crippen LogP contribution in [0, 0.1) is 0 Å². The summed E-state index contributed by atoms with van der Waals surface area (Å²) in [4.78, 5) is 12.3. The van der Waals surface area contributed by atoms with Crippen molar-refractivity contribution in [2.24, 2.45) is 0 Å². The third-order valence-electron chi connectivity index (χ3n) is 4.98. The van der Waals surface area contributed by atoms with E-state index in [-0.39, 0.29) is 5.91 Å². The molecular weight excluding hydrogens is 338 g/mol. The Morgan fingerprint density at radius 2 is 1.96 bits per heavy atom. The van der Waals surface area contributed by atoms with Gasteiger partial charge in [0.15, 0.2) is 0 Å². The highest BCUT2D eigenvalue weighted by atomic mass is 16.5. The molecule has 1 aromatic heterocycles. The Morgan fingerprint density at radius 1 is 1.15 bits per heavy atom. The van der Waals surface area contributed by atoms with Crippen LogP contribution in [-0.4, -0.2) is 35.4 Å². The fraction of sp³-hybridized carbons (Fsp3) is 0.500. The fourth-order valence-electron chi connectivity index (χ4n) is 3.27. The summed E-state index contributed by atoms with van der Waals surface area (Å²) in [6, 6.07) is 11.5. The summed E-state index contributed by atoms with van der Waals surface area (Å²) in [7, 11) is 0. The van der Waals surface area contributed by atoms with Crippen molar-refractivity contribution < 1.29 is 9.53 Å². The molecule has 1 saturated heterocycles. The second kappa shape index (κ2) is 9.60. The van der Waals surface area contributed by atoms with Gasteiger partial charge in [0.05, 0.1) is 17.5 Å². The summed E-state index contributed by atoms with van der Waals surface area (Å²) in [5, 5.41) is 11.5. The number of carbonyl (C=O) groups is 1. The Balaban J connectivity index is 1.45. The highest BCUT2D eigenvalue weighted by Gasteiger charge is 2.14. The molecule has 0 saturated carbocycles. The van der Waals surface area contributed by atoms with Gasteiger partial charge in [-0.05, 0) is 62.3 Å². The summed E-state index contributed by atoms with van der Waals surface area (Å²) < 4.78 is 5.62. The van der Waals surface area contributed by atoms with E-state index in [1.807, 2.05) is 36.4 Å². The number of rotatable bonds is 8. The number of aromatic nitrogens is 2. The van der Waals surface area contributed by atoms with E-state index in [0.29, 0.717) is 24.1 Å². The predicted octanol–water partition coefficient (Wildman–Crippen LogP) is 4.35. The van der Waals surface area contributed by atoms with Crippen LogP contribution in [0.5, 0.6) is 0 Å². The second-order valence-electron chi connectivity index (χ2n) is 7.46. The molecule has 1 amide bonds. The van der Waals surface area contributed by atoms with E-state index in [9.17, 15) is 4.79 Å². The molecule has 1 unspecified atom stereocenters. The summed E-state index contributed by atoms with van der Waals surface area (Å²) in [5.41, 5.74) is 3.44. The Hall–Kier alpha value is -2.27. The highest BCUT2D eigenvalue weighted by Crippen LogP contribution is 2.19. The molecule has 0 aliphatic carbocycles. The number of hydrogen-bond donors (Lipinski definition) is 1. The first-order valence-electron chi connectivity index (χ1n) is 9.97. The Morgan fingerprint density at radius 3 is 2.59 bits per heavy atom. The lowest BCUT2D eigenvalue weighted by Crippen LogP contribution is -2.24. The van der Waals surface area contributed by atoms with E-state index in [2.05, 4.69) is 29.4 Å². The maximum absolute atomic E-state index is 12.3. The quantitative estimate of drug-likeness (QED) is 0.705. The first-order valence-corrected chi connectivity index (χ1v) is 9.97. The van der Waals surface area contributed by atoms with Gasteiger partial charge in [-0.15, -0.1) is 0 Å². The van der Waals surface area contributed by atoms with Gasteiger partial charge >= 0.3 is 0 Å². The minimum atomic E-state index is -0.0279. The molecule has 27 heavy (non-hydrogen) atoms. The summed E-state index contributed by atoms with van der Waals surface area (Å²) >= 11 is 0. The molecule has 1 aliphatic heterocycles. The van der Waals surface area contributed by atoms with E-state index >= 15 is 0 Å². The SMILES string of the molecule is CC(C)c1ccc(-c2ccc(C(=O)NCCCCC3CCCO3)cc2)nn1. The molecule has 1 atom stereocenters. The van der Waals surface area contributed by atoms with Crippen molar-refractivity contribution in [1.82, 2.24) is 15.5 Å². The number of nitrogens with one attached hydrogen (secondary N) is 1. The van der Waals surface area contributed by atoms with Gasteiger partial charge in [0.1, 0.15) is 0 Å². The lowest BCUT2D eigenvalue weighted by atomic mass is 10.1. The van der Waals surface area contributed by atoms with Gasteiger partial charge in [0.2, 0.25) is 0 Å². The number of carbonyl (C=O) groups excluding carboxylic acids is 1. The second-order valence-corrected chi connectivity index (χ2v) is 7.46. The number of nitrogens with zero attached hydrogens (tertiary/aromatic N) is 2. The Labute approximate surface area is 161 Å². The molecule has 2 heterocycles. The zero-order valence-electron chi connectivity index (χ0n) is 16.3. The van der Waals surface area contributed by atoms with Crippen LogP contribution < -0.4 is 5.32 Å². The summed E-state index contributed by atoms with van der Waals surface area (Å²) in [6.07, 6.45) is 5.98. The third kappa shape index (κ3) is 5.60. The zero-order valence-corrected chi connectivity index (χ0v) is 16.3. The summed E-state index contributed by atoms with van der Waals surface area (Å²) in [6.45, 7) is 5.81. The molecule has 0 bridgehead atoms. The molecular formula is C22H29N3O2. The minimum absolute atomic E-state index is 0.0279. The van der Waals surface area contributed by atoms with E-state index in [1.54, 1.807) is 0 Å². The van der Waals surface area contributed by atoms with Crippen LogP contribution in [0.25, 0.3) is 11.3 Å². The number of amides is 1. The van der Waals surface area contributed by atoms with Crippen LogP contribution in [0.3, 0.4) is 0 Å². The fourth-order valence-corrected chi connectivity index (χ4v) is 3.27. The van der Waals surface area contributed by atoms with Crippen LogP contribution in [0.2, 0.25) is 0 Å². The number of ether oxygens (including phenoxy) is 1. The van der Waals surface area contributed by atoms with Crippen LogP contribution >= 0.6 is 0 Å². The van der Waals surface area contributed by atoms with Crippen LogP contribution in [0.15, 0.2) is 36.4 Å². The number of hydrogen-bond acceptors (Lipinski definition) is 4. The Bertz CT molecular complexity index is 720. The minimum Gasteiger partial charge on any atom is -0.378 e. The Kier molecular flexibility index (Phi) is 6.93. The van der Waals surface area contributed by atoms with Gasteiger partial charge in [-0.1, -0.05) is 26.0 Å². The zero-order chi connectivity index (χ0) is 19.1. The van der Waals surface area contributed by atoms with Crippen molar-refractivity contribution in [3.8, 4) is 11.3 Å². The lowest BCUT2D eigenvalue weighted by Gasteiger charge is -2.09. The maximum atomic E-state index is 12.3. The number of benzene rings is 1. The van der Waals surface area contributed by atoms with Gasteiger partial charge in [0.25, 0.3) is 5.91 Å². The van der Waals surface area contributed by atoms with E-state index in [1.165, 1.54) is 12.8 Å². The number of unbranched alkanes of at least 4 members (excludes halogenated alkanes) is 1. The topological polar surface area (TPSA) is 64.1 Å². The van der Waals surface area contributed by atoms with Crippen molar-refractivity contribution in [3.05, 3.63) is 47.7 Å². The van der Waals surface area contributed by atoms with Crippen molar-refractivity contribution in [2.45, 2.75) is 58.0 Å². The van der Waals surface area contributed by atoms with Crippen LogP contribution in [0.4, 0.5) is 0 Å². The van der Waals surface area contributed by atoms with Gasteiger partial charge in [-0.25, -0.2) is 0 Å². The van der Waals surface area contributed by atoms with E-state index < -0.39 is 0 Å². The van der Waals surface area contributed by atoms with Crippen LogP contribution in [-0.2, 0) is 4.74 Å². The average molecular weight is 367 g/mol. The molecule has 0 spiro atoms. The standard InChI is InChI=1S/C22H29N3O2/c1-16(2)20-12-13-21(25-24-20)17-8-10-18(11-9-17)22(26)23-14-4-3-6-19-7-5-15-27-19/h8-13,16,19H,3-7,14-15H2,1-2H3,(H,23,26). The molecule has 1 aliphatic rings. The molecule has 5 heteroatoms. The van der Waals surface area contributed by atoms with Crippen molar-refractivity contribution >= 4 is 5.91 Å². The first kappa shape index (κ1) is 19.5. The predicted molar refractivity (Wildman–Crippen MR) is 107 cm³/mol. The molecule has 1 N–H and O–H groups in total. The van der Waals surface area contributed by atoms with Gasteiger partial charge in [-0.2, -0.15) is 10.2 Å². The molecule has 1 aromatic carbocycles. The molecule has 3 rings (SSSR count). The summed E-state index contributed by atoms with van der Waals surface area (Å²) in [5.74, 6) is 0.336. The van der Waals surface area contributed by atoms with Gasteiger partial charge in [0, 0.05) is 24.3 Å². The smallest absolute Gasteiger partial charge is 0.251 e. The third-order valence-corrected chi connectivity index (χ3v) is 4.98. The average Bonchev–Trinajstić information content (AvgIpc) is 3.21. The first-order chi connectivity index (χ1) is 13.1. The largest absolute Gasteiger partial charge is 0.378 e. The van der Waals surface area contributed by atoms with E-state index in [4.69, 9.17) is 4.74 Å². The normalized spacial score (nSPS) is 16.6.